The van der Waals surface area contributed by atoms with Gasteiger partial charge in [0.15, 0.2) is 0 Å². The van der Waals surface area contributed by atoms with Gasteiger partial charge in [0.05, 0.1) is 13.2 Å². The third-order valence-electron chi connectivity index (χ3n) is 5.95. The van der Waals surface area contributed by atoms with Gasteiger partial charge < -0.3 is 14.8 Å². The van der Waals surface area contributed by atoms with Gasteiger partial charge in [0, 0.05) is 28.5 Å². The van der Waals surface area contributed by atoms with Crippen molar-refractivity contribution in [1.82, 2.24) is 5.32 Å². The van der Waals surface area contributed by atoms with Crippen molar-refractivity contribution in [2.24, 2.45) is 5.92 Å². The Hall–Kier alpha value is -1.36. The molecule has 0 bridgehead atoms. The van der Waals surface area contributed by atoms with Crippen molar-refractivity contribution in [2.75, 3.05) is 20.3 Å². The predicted molar refractivity (Wildman–Crippen MR) is 114 cm³/mol. The summed E-state index contributed by atoms with van der Waals surface area (Å²) in [5.41, 5.74) is 1.44. The maximum atomic E-state index is 6.12. The van der Waals surface area contributed by atoms with Crippen LogP contribution in [0, 0.1) is 5.92 Å². The van der Waals surface area contributed by atoms with E-state index in [1.807, 2.05) is 11.3 Å². The van der Waals surface area contributed by atoms with E-state index in [9.17, 15) is 0 Å². The molecule has 3 rings (SSSR count). The molecule has 0 saturated carbocycles. The summed E-state index contributed by atoms with van der Waals surface area (Å²) >= 11 is 1.82. The second kappa shape index (κ2) is 9.22. The van der Waals surface area contributed by atoms with Gasteiger partial charge in [0.1, 0.15) is 5.75 Å². The number of ether oxygens (including phenoxy) is 2. The molecule has 0 aliphatic carbocycles. The Kier molecular flexibility index (Phi) is 6.96. The van der Waals surface area contributed by atoms with Crippen LogP contribution >= 0.6 is 11.3 Å². The van der Waals surface area contributed by atoms with Gasteiger partial charge in [0.2, 0.25) is 0 Å². The Labute approximate surface area is 168 Å². The molecule has 1 aliphatic heterocycles. The number of para-hydroxylation sites is 1. The van der Waals surface area contributed by atoms with Crippen LogP contribution in [0.25, 0.3) is 0 Å². The molecule has 0 spiro atoms. The summed E-state index contributed by atoms with van der Waals surface area (Å²) in [6.07, 6.45) is 3.50. The molecule has 1 aromatic carbocycles. The largest absolute Gasteiger partial charge is 0.496 e. The fourth-order valence-corrected chi connectivity index (χ4v) is 4.99. The van der Waals surface area contributed by atoms with Crippen LogP contribution in [-0.2, 0) is 10.2 Å². The number of thiophene rings is 1. The Morgan fingerprint density at radius 2 is 2.04 bits per heavy atom. The van der Waals surface area contributed by atoms with Crippen molar-refractivity contribution in [3.63, 3.8) is 0 Å². The van der Waals surface area contributed by atoms with E-state index in [-0.39, 0.29) is 5.41 Å². The number of benzene rings is 1. The number of hydrogen-bond acceptors (Lipinski definition) is 4. The van der Waals surface area contributed by atoms with Crippen molar-refractivity contribution in [3.05, 3.63) is 52.2 Å². The van der Waals surface area contributed by atoms with Crippen LogP contribution < -0.4 is 10.1 Å². The Morgan fingerprint density at radius 3 is 2.74 bits per heavy atom. The molecular formula is C23H33NO2S. The molecular weight excluding hydrogens is 354 g/mol. The van der Waals surface area contributed by atoms with E-state index in [1.54, 1.807) is 7.11 Å². The Balaban J connectivity index is 1.79. The Bertz CT molecular complexity index is 700. The first-order chi connectivity index (χ1) is 13.1. The highest BCUT2D eigenvalue weighted by Crippen LogP contribution is 2.45. The van der Waals surface area contributed by atoms with Gasteiger partial charge in [-0.2, -0.15) is 0 Å². The average Bonchev–Trinajstić information content (AvgIpc) is 3.23. The first-order valence-electron chi connectivity index (χ1n) is 10.1. The van der Waals surface area contributed by atoms with Crippen LogP contribution in [0.4, 0.5) is 0 Å². The van der Waals surface area contributed by atoms with E-state index in [1.165, 1.54) is 10.4 Å². The molecule has 1 N–H and O–H groups in total. The summed E-state index contributed by atoms with van der Waals surface area (Å²) in [6.45, 7) is 8.59. The standard InChI is InChI=1S/C23H33NO2S/c1-17(2)21-16-23(12-14-26-21,19-8-5-6-9-20(19)25-4)11-13-24-18(3)22-10-7-15-27-22/h5-10,15,17-18,21,24H,11-14,16H2,1-4H3/t18-,21-,23-/m0/s1. The molecule has 2 aromatic rings. The van der Waals surface area contributed by atoms with Crippen molar-refractivity contribution in [1.29, 1.82) is 0 Å². The zero-order chi connectivity index (χ0) is 19.3. The second-order valence-electron chi connectivity index (χ2n) is 8.03. The normalized spacial score (nSPS) is 24.1. The van der Waals surface area contributed by atoms with Crippen LogP contribution in [0.3, 0.4) is 0 Å². The van der Waals surface area contributed by atoms with E-state index < -0.39 is 0 Å². The molecule has 1 saturated heterocycles. The van der Waals surface area contributed by atoms with Gasteiger partial charge in [-0.05, 0) is 56.2 Å². The first-order valence-corrected chi connectivity index (χ1v) is 11.0. The fourth-order valence-electron chi connectivity index (χ4n) is 4.24. The molecule has 27 heavy (non-hydrogen) atoms. The molecule has 0 radical (unpaired) electrons. The molecule has 3 atom stereocenters. The van der Waals surface area contributed by atoms with Gasteiger partial charge in [0.25, 0.3) is 0 Å². The number of hydrogen-bond donors (Lipinski definition) is 1. The van der Waals surface area contributed by atoms with Crippen LogP contribution in [0.15, 0.2) is 41.8 Å². The average molecular weight is 388 g/mol. The highest BCUT2D eigenvalue weighted by atomic mass is 32.1. The Morgan fingerprint density at radius 1 is 1.22 bits per heavy atom. The van der Waals surface area contributed by atoms with Gasteiger partial charge >= 0.3 is 0 Å². The predicted octanol–water partition coefficient (Wildman–Crippen LogP) is 5.57. The monoisotopic (exact) mass is 387 g/mol. The van der Waals surface area contributed by atoms with Crippen LogP contribution in [0.5, 0.6) is 5.75 Å². The maximum Gasteiger partial charge on any atom is 0.122 e. The lowest BCUT2D eigenvalue weighted by Crippen LogP contribution is -2.43. The third kappa shape index (κ3) is 4.74. The van der Waals surface area contributed by atoms with Gasteiger partial charge in [-0.15, -0.1) is 11.3 Å². The highest BCUT2D eigenvalue weighted by molar-refractivity contribution is 7.10. The molecule has 4 heteroatoms. The van der Waals surface area contributed by atoms with Crippen LogP contribution in [0.1, 0.15) is 56.5 Å². The summed E-state index contributed by atoms with van der Waals surface area (Å²) < 4.78 is 11.9. The third-order valence-corrected chi connectivity index (χ3v) is 7.01. The van der Waals surface area contributed by atoms with Gasteiger partial charge in [-0.25, -0.2) is 0 Å². The second-order valence-corrected chi connectivity index (χ2v) is 9.01. The lowest BCUT2D eigenvalue weighted by atomic mass is 9.68. The molecule has 1 aliphatic rings. The number of methoxy groups -OCH3 is 1. The minimum absolute atomic E-state index is 0.0992. The van der Waals surface area contributed by atoms with Gasteiger partial charge in [-0.1, -0.05) is 38.1 Å². The van der Waals surface area contributed by atoms with Crippen molar-refractivity contribution < 1.29 is 9.47 Å². The lowest BCUT2D eigenvalue weighted by Gasteiger charge is -2.43. The fraction of sp³-hybridized carbons (Fsp3) is 0.565. The number of nitrogens with one attached hydrogen (secondary N) is 1. The molecule has 0 amide bonds. The maximum absolute atomic E-state index is 6.12. The minimum Gasteiger partial charge on any atom is -0.496 e. The molecule has 1 aromatic heterocycles. The molecule has 148 valence electrons. The summed E-state index contributed by atoms with van der Waals surface area (Å²) in [6, 6.07) is 13.3. The summed E-state index contributed by atoms with van der Waals surface area (Å²) in [5.74, 6) is 1.53. The van der Waals surface area contributed by atoms with E-state index in [2.05, 4.69) is 67.9 Å². The summed E-state index contributed by atoms with van der Waals surface area (Å²) in [7, 11) is 1.78. The quantitative estimate of drug-likeness (QED) is 0.642. The van der Waals surface area contributed by atoms with Crippen LogP contribution in [0.2, 0.25) is 0 Å². The van der Waals surface area contributed by atoms with E-state index in [0.717, 1.165) is 38.2 Å². The van der Waals surface area contributed by atoms with Crippen molar-refractivity contribution in [3.8, 4) is 5.75 Å². The molecule has 1 fully saturated rings. The SMILES string of the molecule is COc1ccccc1[C@@]1(CCN[C@@H](C)c2cccs2)CCO[C@H](C(C)C)C1. The van der Waals surface area contributed by atoms with Crippen molar-refractivity contribution in [2.45, 2.75) is 57.6 Å². The summed E-state index contributed by atoms with van der Waals surface area (Å²) in [4.78, 5) is 1.40. The lowest BCUT2D eigenvalue weighted by molar-refractivity contribution is -0.0474. The molecule has 0 unspecified atom stereocenters. The first kappa shape index (κ1) is 20.4. The topological polar surface area (TPSA) is 30.5 Å². The van der Waals surface area contributed by atoms with E-state index >= 15 is 0 Å². The van der Waals surface area contributed by atoms with Gasteiger partial charge in [-0.3, -0.25) is 0 Å². The molecule has 3 nitrogen and oxygen atoms in total. The summed E-state index contributed by atoms with van der Waals surface area (Å²) in [5, 5.41) is 5.89. The smallest absolute Gasteiger partial charge is 0.122 e. The minimum atomic E-state index is 0.0992. The van der Waals surface area contributed by atoms with E-state index in [0.29, 0.717) is 18.1 Å². The van der Waals surface area contributed by atoms with Crippen LogP contribution in [-0.4, -0.2) is 26.4 Å². The zero-order valence-corrected chi connectivity index (χ0v) is 17.9. The number of rotatable bonds is 8. The van der Waals surface area contributed by atoms with E-state index in [4.69, 9.17) is 9.47 Å². The highest BCUT2D eigenvalue weighted by Gasteiger charge is 2.40. The van der Waals surface area contributed by atoms with Crippen molar-refractivity contribution >= 4 is 11.3 Å². The molecule has 2 heterocycles. The zero-order valence-electron chi connectivity index (χ0n) is 17.0.